The molecule has 29 heavy (non-hydrogen) atoms. The molecule has 0 fully saturated rings. The smallest absolute Gasteiger partial charge is 0.347 e. The Hall–Kier alpha value is -3.51. The van der Waals surface area contributed by atoms with E-state index < -0.39 is 5.63 Å². The first kappa shape index (κ1) is 18.8. The van der Waals surface area contributed by atoms with Crippen molar-refractivity contribution in [3.63, 3.8) is 0 Å². The van der Waals surface area contributed by atoms with Crippen LogP contribution in [-0.4, -0.2) is 10.9 Å². The van der Waals surface area contributed by atoms with Crippen LogP contribution in [0.15, 0.2) is 92.6 Å². The second-order valence-electron chi connectivity index (χ2n) is 6.28. The lowest BCUT2D eigenvalue weighted by atomic mass is 10.2. The molecule has 0 aliphatic heterocycles. The zero-order valence-electron chi connectivity index (χ0n) is 15.1. The highest BCUT2D eigenvalue weighted by atomic mass is 79.9. The summed E-state index contributed by atoms with van der Waals surface area (Å²) in [7, 11) is 0. The maximum absolute atomic E-state index is 12.1. The van der Waals surface area contributed by atoms with Crippen molar-refractivity contribution in [2.24, 2.45) is 0 Å². The van der Waals surface area contributed by atoms with E-state index in [0.29, 0.717) is 22.2 Å². The molecule has 3 aromatic carbocycles. The predicted molar refractivity (Wildman–Crippen MR) is 118 cm³/mol. The Morgan fingerprint density at radius 3 is 2.45 bits per heavy atom. The molecule has 1 heterocycles. The minimum absolute atomic E-state index is 0.238. The average molecular weight is 447 g/mol. The third-order valence-corrected chi connectivity index (χ3v) is 4.76. The summed E-state index contributed by atoms with van der Waals surface area (Å²) in [6.45, 7) is 0. The van der Waals surface area contributed by atoms with Gasteiger partial charge in [0.1, 0.15) is 0 Å². The van der Waals surface area contributed by atoms with E-state index in [0.717, 1.165) is 10.0 Å². The number of benzene rings is 3. The average Bonchev–Trinajstić information content (AvgIpc) is 2.74. The van der Waals surface area contributed by atoms with Gasteiger partial charge in [0.05, 0.1) is 10.9 Å². The monoisotopic (exact) mass is 446 g/mol. The van der Waals surface area contributed by atoms with Crippen LogP contribution in [0.2, 0.25) is 0 Å². The minimum atomic E-state index is -0.430. The van der Waals surface area contributed by atoms with Crippen LogP contribution in [0.1, 0.15) is 5.56 Å². The minimum Gasteiger partial charge on any atom is -0.403 e. The third-order valence-electron chi connectivity index (χ3n) is 4.23. The molecule has 0 aliphatic rings. The van der Waals surface area contributed by atoms with Gasteiger partial charge in [-0.05, 0) is 60.2 Å². The van der Waals surface area contributed by atoms with Crippen LogP contribution >= 0.6 is 15.9 Å². The van der Waals surface area contributed by atoms with Gasteiger partial charge < -0.3 is 9.73 Å². The van der Waals surface area contributed by atoms with Crippen molar-refractivity contribution < 1.29 is 9.21 Å². The van der Waals surface area contributed by atoms with Crippen LogP contribution in [0.25, 0.3) is 28.4 Å². The van der Waals surface area contributed by atoms with Crippen LogP contribution in [0.4, 0.5) is 5.69 Å². The molecule has 0 spiro atoms. The van der Waals surface area contributed by atoms with Gasteiger partial charge in [0, 0.05) is 21.8 Å². The number of hydrogen-bond acceptors (Lipinski definition) is 4. The molecule has 0 radical (unpaired) electrons. The number of anilines is 1. The number of hydrogen-bond donors (Lipinski definition) is 1. The summed E-state index contributed by atoms with van der Waals surface area (Å²) in [6.07, 6.45) is 3.21. The normalized spacial score (nSPS) is 11.1. The second-order valence-corrected chi connectivity index (χ2v) is 7.19. The summed E-state index contributed by atoms with van der Waals surface area (Å²) in [5.41, 5.74) is 2.35. The number of para-hydroxylation sites is 1. The number of nitrogens with zero attached hydrogens (tertiary/aromatic N) is 1. The van der Waals surface area contributed by atoms with Gasteiger partial charge in [0.15, 0.2) is 0 Å². The van der Waals surface area contributed by atoms with E-state index in [4.69, 9.17) is 4.42 Å². The van der Waals surface area contributed by atoms with Gasteiger partial charge in [-0.15, -0.1) is 0 Å². The summed E-state index contributed by atoms with van der Waals surface area (Å²) in [4.78, 5) is 28.6. The number of carbonyl (C=O) groups is 1. The molecule has 0 atom stereocenters. The van der Waals surface area contributed by atoms with Crippen molar-refractivity contribution in [3.05, 3.63) is 99.3 Å². The van der Waals surface area contributed by atoms with E-state index >= 15 is 0 Å². The zero-order valence-corrected chi connectivity index (χ0v) is 16.7. The first-order valence-corrected chi connectivity index (χ1v) is 9.63. The standard InChI is InChI=1S/C23H15BrN2O3/c24-17-10-5-15(6-11-17)7-14-21(27)25-18-12-8-16(9-13-18)22-26-20-4-2-1-3-19(20)23(28)29-22/h1-14H,(H,25,27)/b14-7+. The van der Waals surface area contributed by atoms with Gasteiger partial charge in [-0.2, -0.15) is 0 Å². The van der Waals surface area contributed by atoms with Crippen LogP contribution in [0.3, 0.4) is 0 Å². The molecule has 4 aromatic rings. The fourth-order valence-electron chi connectivity index (χ4n) is 2.77. The summed E-state index contributed by atoms with van der Waals surface area (Å²) in [5.74, 6) is -0.00209. The highest BCUT2D eigenvalue weighted by Crippen LogP contribution is 2.21. The fraction of sp³-hybridized carbons (Fsp3) is 0. The summed E-state index contributed by atoms with van der Waals surface area (Å²) < 4.78 is 6.31. The predicted octanol–water partition coefficient (Wildman–Crippen LogP) is 5.27. The molecule has 0 aliphatic carbocycles. The lowest BCUT2D eigenvalue weighted by Gasteiger charge is -2.05. The Bertz CT molecular complexity index is 1260. The van der Waals surface area contributed by atoms with Crippen molar-refractivity contribution in [3.8, 4) is 11.5 Å². The molecule has 6 heteroatoms. The Kier molecular flexibility index (Phi) is 5.35. The summed E-state index contributed by atoms with van der Waals surface area (Å²) >= 11 is 3.38. The molecule has 0 saturated carbocycles. The van der Waals surface area contributed by atoms with E-state index in [9.17, 15) is 9.59 Å². The molecular formula is C23H15BrN2O3. The van der Waals surface area contributed by atoms with Gasteiger partial charge in [-0.25, -0.2) is 9.78 Å². The van der Waals surface area contributed by atoms with E-state index in [1.54, 1.807) is 48.5 Å². The van der Waals surface area contributed by atoms with Crippen LogP contribution in [0, 0.1) is 0 Å². The first-order chi connectivity index (χ1) is 14.1. The fourth-order valence-corrected chi connectivity index (χ4v) is 3.03. The molecule has 1 N–H and O–H groups in total. The Labute approximate surface area is 174 Å². The number of nitrogens with one attached hydrogen (secondary N) is 1. The largest absolute Gasteiger partial charge is 0.403 e. The molecule has 0 unspecified atom stereocenters. The van der Waals surface area contributed by atoms with Crippen LogP contribution < -0.4 is 10.9 Å². The van der Waals surface area contributed by atoms with Gasteiger partial charge in [-0.1, -0.05) is 40.2 Å². The second kappa shape index (κ2) is 8.24. The van der Waals surface area contributed by atoms with Gasteiger partial charge in [0.25, 0.3) is 0 Å². The number of aromatic nitrogens is 1. The molecule has 1 amide bonds. The van der Waals surface area contributed by atoms with Gasteiger partial charge in [0.2, 0.25) is 11.8 Å². The van der Waals surface area contributed by atoms with Crippen molar-refractivity contribution in [1.29, 1.82) is 0 Å². The van der Waals surface area contributed by atoms with Gasteiger partial charge in [-0.3, -0.25) is 4.79 Å². The van der Waals surface area contributed by atoms with Crippen molar-refractivity contribution in [2.45, 2.75) is 0 Å². The first-order valence-electron chi connectivity index (χ1n) is 8.83. The van der Waals surface area contributed by atoms with E-state index in [1.165, 1.54) is 6.08 Å². The number of rotatable bonds is 4. The molecule has 0 bridgehead atoms. The number of amides is 1. The molecular weight excluding hydrogens is 432 g/mol. The van der Waals surface area contributed by atoms with Crippen LogP contribution in [0.5, 0.6) is 0 Å². The van der Waals surface area contributed by atoms with Crippen molar-refractivity contribution in [1.82, 2.24) is 4.98 Å². The zero-order chi connectivity index (χ0) is 20.2. The summed E-state index contributed by atoms with van der Waals surface area (Å²) in [6, 6.07) is 21.6. The summed E-state index contributed by atoms with van der Waals surface area (Å²) in [5, 5.41) is 3.24. The van der Waals surface area contributed by atoms with Crippen molar-refractivity contribution >= 4 is 44.5 Å². The van der Waals surface area contributed by atoms with E-state index in [1.807, 2.05) is 30.3 Å². The maximum atomic E-state index is 12.1. The highest BCUT2D eigenvalue weighted by molar-refractivity contribution is 9.10. The van der Waals surface area contributed by atoms with Crippen molar-refractivity contribution in [2.75, 3.05) is 5.32 Å². The molecule has 142 valence electrons. The van der Waals surface area contributed by atoms with Crippen LogP contribution in [-0.2, 0) is 4.79 Å². The molecule has 5 nitrogen and oxygen atoms in total. The molecule has 4 rings (SSSR count). The van der Waals surface area contributed by atoms with Gasteiger partial charge >= 0.3 is 5.63 Å². The Balaban J connectivity index is 1.48. The molecule has 0 saturated heterocycles. The molecule has 1 aromatic heterocycles. The topological polar surface area (TPSA) is 72.2 Å². The third kappa shape index (κ3) is 4.50. The van der Waals surface area contributed by atoms with E-state index in [2.05, 4.69) is 26.2 Å². The number of carbonyl (C=O) groups excluding carboxylic acids is 1. The van der Waals surface area contributed by atoms with E-state index in [-0.39, 0.29) is 11.8 Å². The Morgan fingerprint density at radius 2 is 1.69 bits per heavy atom. The highest BCUT2D eigenvalue weighted by Gasteiger charge is 2.08. The number of halogens is 1. The number of fused-ring (bicyclic) bond motifs is 1. The quantitative estimate of drug-likeness (QED) is 0.433. The maximum Gasteiger partial charge on any atom is 0.347 e. The SMILES string of the molecule is O=C(/C=C/c1ccc(Br)cc1)Nc1ccc(-c2nc3ccccc3c(=O)o2)cc1. The lowest BCUT2D eigenvalue weighted by molar-refractivity contribution is -0.111. The Morgan fingerprint density at radius 1 is 0.966 bits per heavy atom. The lowest BCUT2D eigenvalue weighted by Crippen LogP contribution is -2.07.